The molecule has 3 heteroatoms. The molecule has 0 rings (SSSR count). The first kappa shape index (κ1) is 14.4. The van der Waals surface area contributed by atoms with Gasteiger partial charge < -0.3 is 5.11 Å². The van der Waals surface area contributed by atoms with Gasteiger partial charge in [0.05, 0.1) is 0 Å². The van der Waals surface area contributed by atoms with E-state index in [-0.39, 0.29) is 0 Å². The number of rotatable bonds is 8. The molecule has 0 amide bonds. The van der Waals surface area contributed by atoms with Crippen molar-refractivity contribution in [3.8, 4) is 0 Å². The fraction of sp³-hybridized carbons (Fsp3) is 0.917. The van der Waals surface area contributed by atoms with Crippen molar-refractivity contribution in [3.63, 3.8) is 0 Å². The predicted octanol–water partition coefficient (Wildman–Crippen LogP) is 2.75. The number of carbonyl (C=O) groups is 1. The summed E-state index contributed by atoms with van der Waals surface area (Å²) < 4.78 is 0. The second kappa shape index (κ2) is 6.83. The fourth-order valence-electron chi connectivity index (χ4n) is 1.70. The lowest BCUT2D eigenvalue weighted by molar-refractivity contribution is -0.149. The van der Waals surface area contributed by atoms with E-state index in [2.05, 4.69) is 6.92 Å². The molecule has 0 bridgehead atoms. The molecule has 15 heavy (non-hydrogen) atoms. The summed E-state index contributed by atoms with van der Waals surface area (Å²) in [5.74, 6) is -0.736. The number of carboxylic acid groups (broad SMARTS) is 1. The molecule has 0 atom stereocenters. The summed E-state index contributed by atoms with van der Waals surface area (Å²) in [6.07, 6.45) is 4.75. The maximum Gasteiger partial charge on any atom is 0.323 e. The van der Waals surface area contributed by atoms with Gasteiger partial charge in [-0.2, -0.15) is 0 Å². The topological polar surface area (TPSA) is 40.5 Å². The van der Waals surface area contributed by atoms with Crippen LogP contribution in [0.4, 0.5) is 0 Å². The van der Waals surface area contributed by atoms with Crippen LogP contribution in [-0.2, 0) is 4.79 Å². The highest BCUT2D eigenvalue weighted by molar-refractivity contribution is 5.77. The number of unbranched alkanes of at least 4 members (excludes halogenated alkanes) is 3. The number of nitrogens with zero attached hydrogens (tertiary/aromatic N) is 1. The molecule has 0 aromatic rings. The molecule has 0 radical (unpaired) electrons. The van der Waals surface area contributed by atoms with Crippen molar-refractivity contribution in [3.05, 3.63) is 0 Å². The Morgan fingerprint density at radius 3 is 2.20 bits per heavy atom. The van der Waals surface area contributed by atoms with E-state index in [9.17, 15) is 4.79 Å². The molecule has 90 valence electrons. The Kier molecular flexibility index (Phi) is 6.57. The molecule has 0 heterocycles. The minimum absolute atomic E-state index is 0.735. The molecule has 0 aliphatic rings. The summed E-state index contributed by atoms with van der Waals surface area (Å²) in [6.45, 7) is 9.43. The fourth-order valence-corrected chi connectivity index (χ4v) is 1.70. The molecule has 0 unspecified atom stereocenters. The first-order valence-corrected chi connectivity index (χ1v) is 5.95. The second-order valence-electron chi connectivity index (χ2n) is 4.50. The molecule has 0 aliphatic carbocycles. The normalized spacial score (nSPS) is 12.1. The molecule has 0 saturated heterocycles. The van der Waals surface area contributed by atoms with Gasteiger partial charge in [-0.25, -0.2) is 0 Å². The minimum atomic E-state index is -0.736. The quantitative estimate of drug-likeness (QED) is 0.633. The highest BCUT2D eigenvalue weighted by Crippen LogP contribution is 2.15. The number of aliphatic carboxylic acids is 1. The van der Waals surface area contributed by atoms with Gasteiger partial charge in [-0.3, -0.25) is 9.69 Å². The molecule has 0 fully saturated rings. The molecule has 3 nitrogen and oxygen atoms in total. The summed E-state index contributed by atoms with van der Waals surface area (Å²) in [4.78, 5) is 13.1. The van der Waals surface area contributed by atoms with E-state index >= 15 is 0 Å². The molecule has 0 saturated carbocycles. The monoisotopic (exact) mass is 215 g/mol. The predicted molar refractivity (Wildman–Crippen MR) is 63.1 cm³/mol. The van der Waals surface area contributed by atoms with Crippen LogP contribution in [0.2, 0.25) is 0 Å². The maximum atomic E-state index is 11.1. The molecule has 0 aromatic carbocycles. The summed E-state index contributed by atoms with van der Waals surface area (Å²) >= 11 is 0. The van der Waals surface area contributed by atoms with Gasteiger partial charge in [0.15, 0.2) is 0 Å². The molecule has 0 spiro atoms. The Labute approximate surface area is 93.5 Å². The van der Waals surface area contributed by atoms with Gasteiger partial charge in [0.25, 0.3) is 0 Å². The third-order valence-corrected chi connectivity index (χ3v) is 2.98. The first-order chi connectivity index (χ1) is 6.96. The minimum Gasteiger partial charge on any atom is -0.480 e. The van der Waals surface area contributed by atoms with Crippen LogP contribution >= 0.6 is 0 Å². The van der Waals surface area contributed by atoms with Crippen LogP contribution < -0.4 is 0 Å². The van der Waals surface area contributed by atoms with Gasteiger partial charge in [-0.05, 0) is 33.4 Å². The van der Waals surface area contributed by atoms with Crippen molar-refractivity contribution < 1.29 is 9.90 Å². The van der Waals surface area contributed by atoms with Gasteiger partial charge in [0, 0.05) is 0 Å². The van der Waals surface area contributed by atoms with E-state index in [1.54, 1.807) is 13.8 Å². The molecule has 0 aromatic heterocycles. The number of likely N-dealkylation sites (N-methyl/N-ethyl adjacent to an activating group) is 1. The largest absolute Gasteiger partial charge is 0.480 e. The number of hydrogen-bond acceptors (Lipinski definition) is 2. The van der Waals surface area contributed by atoms with Crippen molar-refractivity contribution in [1.82, 2.24) is 4.90 Å². The number of carboxylic acids is 1. The Morgan fingerprint density at radius 2 is 1.80 bits per heavy atom. The van der Waals surface area contributed by atoms with Crippen molar-refractivity contribution in [2.75, 3.05) is 13.1 Å². The average Bonchev–Trinajstić information content (AvgIpc) is 2.17. The van der Waals surface area contributed by atoms with Gasteiger partial charge in [0.1, 0.15) is 5.54 Å². The van der Waals surface area contributed by atoms with Crippen LogP contribution in [0, 0.1) is 0 Å². The average molecular weight is 215 g/mol. The Bertz CT molecular complexity index is 190. The highest BCUT2D eigenvalue weighted by atomic mass is 16.4. The van der Waals surface area contributed by atoms with Gasteiger partial charge in [0.2, 0.25) is 0 Å². The van der Waals surface area contributed by atoms with Crippen LogP contribution in [0.3, 0.4) is 0 Å². The van der Waals surface area contributed by atoms with E-state index < -0.39 is 11.5 Å². The van der Waals surface area contributed by atoms with Crippen molar-refractivity contribution in [2.24, 2.45) is 0 Å². The van der Waals surface area contributed by atoms with Gasteiger partial charge >= 0.3 is 5.97 Å². The van der Waals surface area contributed by atoms with Crippen LogP contribution in [0.25, 0.3) is 0 Å². The van der Waals surface area contributed by atoms with Crippen molar-refractivity contribution in [2.45, 2.75) is 58.9 Å². The zero-order valence-electron chi connectivity index (χ0n) is 10.5. The van der Waals surface area contributed by atoms with E-state index in [0.717, 1.165) is 19.5 Å². The van der Waals surface area contributed by atoms with E-state index in [4.69, 9.17) is 5.11 Å². The van der Waals surface area contributed by atoms with E-state index in [0.29, 0.717) is 0 Å². The van der Waals surface area contributed by atoms with Crippen LogP contribution in [0.1, 0.15) is 53.4 Å². The molecular formula is C12H25NO2. The second-order valence-corrected chi connectivity index (χ2v) is 4.50. The smallest absolute Gasteiger partial charge is 0.323 e. The van der Waals surface area contributed by atoms with Crippen LogP contribution in [0.5, 0.6) is 0 Å². The molecule has 1 N–H and O–H groups in total. The lowest BCUT2D eigenvalue weighted by Gasteiger charge is -2.34. The van der Waals surface area contributed by atoms with Crippen LogP contribution in [0.15, 0.2) is 0 Å². The zero-order valence-corrected chi connectivity index (χ0v) is 10.5. The Morgan fingerprint density at radius 1 is 1.20 bits per heavy atom. The maximum absolute atomic E-state index is 11.1. The lowest BCUT2D eigenvalue weighted by Crippen LogP contribution is -2.50. The Hall–Kier alpha value is -0.570. The zero-order chi connectivity index (χ0) is 11.9. The Balaban J connectivity index is 4.07. The molecule has 0 aliphatic heterocycles. The van der Waals surface area contributed by atoms with E-state index in [1.165, 1.54) is 19.3 Å². The van der Waals surface area contributed by atoms with Gasteiger partial charge in [-0.15, -0.1) is 0 Å². The van der Waals surface area contributed by atoms with E-state index in [1.807, 2.05) is 11.8 Å². The summed E-state index contributed by atoms with van der Waals surface area (Å²) in [5.41, 5.74) is -0.735. The third kappa shape index (κ3) is 4.65. The van der Waals surface area contributed by atoms with Crippen molar-refractivity contribution >= 4 is 5.97 Å². The molecular weight excluding hydrogens is 190 g/mol. The summed E-state index contributed by atoms with van der Waals surface area (Å²) in [5, 5.41) is 9.10. The number of hydrogen-bond donors (Lipinski definition) is 1. The summed E-state index contributed by atoms with van der Waals surface area (Å²) in [6, 6.07) is 0. The lowest BCUT2D eigenvalue weighted by atomic mass is 10.0. The third-order valence-electron chi connectivity index (χ3n) is 2.98. The van der Waals surface area contributed by atoms with Crippen molar-refractivity contribution in [1.29, 1.82) is 0 Å². The summed E-state index contributed by atoms with van der Waals surface area (Å²) in [7, 11) is 0. The van der Waals surface area contributed by atoms with Gasteiger partial charge in [-0.1, -0.05) is 33.1 Å². The van der Waals surface area contributed by atoms with Crippen LogP contribution in [-0.4, -0.2) is 34.6 Å². The highest BCUT2D eigenvalue weighted by Gasteiger charge is 2.32. The standard InChI is InChI=1S/C12H25NO2/c1-5-7-8-9-10-13(6-2)12(3,4)11(14)15/h5-10H2,1-4H3,(H,14,15). The first-order valence-electron chi connectivity index (χ1n) is 5.95. The SMILES string of the molecule is CCCCCCN(CC)C(C)(C)C(=O)O.